The molecule has 5 heteroatoms. The average molecular weight is 243 g/mol. The van der Waals surface area contributed by atoms with E-state index in [0.717, 1.165) is 12.2 Å². The Hall–Kier alpha value is -0.940. The summed E-state index contributed by atoms with van der Waals surface area (Å²) in [4.78, 5) is 10.6. The predicted octanol–water partition coefficient (Wildman–Crippen LogP) is 2.21. The maximum Gasteiger partial charge on any atom is 0.338 e. The van der Waals surface area contributed by atoms with Crippen LogP contribution in [-0.4, -0.2) is 29.1 Å². The lowest BCUT2D eigenvalue weighted by Gasteiger charge is -2.11. The quantitative estimate of drug-likeness (QED) is 0.768. The Morgan fingerprint density at radius 2 is 2.44 bits per heavy atom. The molecular weight excluding hydrogens is 226 g/mol. The first kappa shape index (κ1) is 13.1. The highest BCUT2D eigenvalue weighted by Gasteiger charge is 2.08. The lowest BCUT2D eigenvalue weighted by Crippen LogP contribution is -2.25. The van der Waals surface area contributed by atoms with Crippen molar-refractivity contribution in [1.29, 1.82) is 0 Å². The van der Waals surface area contributed by atoms with Gasteiger partial charge in [-0.1, -0.05) is 0 Å². The summed E-state index contributed by atoms with van der Waals surface area (Å²) < 4.78 is 5.13. The lowest BCUT2D eigenvalue weighted by molar-refractivity contribution is 0.0696. The highest BCUT2D eigenvalue weighted by Crippen LogP contribution is 2.08. The summed E-state index contributed by atoms with van der Waals surface area (Å²) in [5.41, 5.74) is 0.202. The smallest absolute Gasteiger partial charge is 0.338 e. The zero-order valence-electron chi connectivity index (χ0n) is 9.53. The van der Waals surface area contributed by atoms with Gasteiger partial charge in [0.05, 0.1) is 12.1 Å². The zero-order valence-corrected chi connectivity index (χ0v) is 10.3. The average Bonchev–Trinajstić information content (AvgIpc) is 2.72. The Balaban J connectivity index is 2.33. The fourth-order valence-electron chi connectivity index (χ4n) is 1.26. The van der Waals surface area contributed by atoms with Gasteiger partial charge in [0.2, 0.25) is 0 Å². The number of aromatic carboxylic acids is 1. The molecule has 1 aromatic rings. The van der Waals surface area contributed by atoms with Gasteiger partial charge in [0.15, 0.2) is 0 Å². The van der Waals surface area contributed by atoms with Crippen LogP contribution in [0.15, 0.2) is 16.7 Å². The number of hydrogen-bond donors (Lipinski definition) is 2. The minimum atomic E-state index is -0.953. The molecule has 1 aromatic heterocycles. The summed E-state index contributed by atoms with van der Waals surface area (Å²) in [6, 6.07) is 1.96. The van der Waals surface area contributed by atoms with E-state index in [0.29, 0.717) is 18.3 Å². The first-order valence-corrected chi connectivity index (χ1v) is 6.56. The molecule has 0 spiro atoms. The molecule has 16 heavy (non-hydrogen) atoms. The van der Waals surface area contributed by atoms with Crippen LogP contribution in [-0.2, 0) is 6.54 Å². The molecule has 2 N–H and O–H groups in total. The molecule has 0 saturated heterocycles. The maximum absolute atomic E-state index is 10.6. The van der Waals surface area contributed by atoms with Crippen molar-refractivity contribution in [3.63, 3.8) is 0 Å². The first-order chi connectivity index (χ1) is 7.63. The second-order valence-corrected chi connectivity index (χ2v) is 4.66. The molecule has 1 rings (SSSR count). The van der Waals surface area contributed by atoms with Gasteiger partial charge in [0.25, 0.3) is 0 Å². The van der Waals surface area contributed by atoms with Crippen molar-refractivity contribution in [3.05, 3.63) is 23.7 Å². The van der Waals surface area contributed by atoms with Gasteiger partial charge in [0, 0.05) is 6.04 Å². The van der Waals surface area contributed by atoms with E-state index in [1.165, 1.54) is 6.26 Å². The van der Waals surface area contributed by atoms with Crippen molar-refractivity contribution in [3.8, 4) is 0 Å². The van der Waals surface area contributed by atoms with Gasteiger partial charge in [-0.2, -0.15) is 11.8 Å². The summed E-state index contributed by atoms with van der Waals surface area (Å²) in [6.45, 7) is 2.68. The van der Waals surface area contributed by atoms with Crippen molar-refractivity contribution >= 4 is 17.7 Å². The topological polar surface area (TPSA) is 62.5 Å². The first-order valence-electron chi connectivity index (χ1n) is 5.16. The molecule has 0 amide bonds. The highest BCUT2D eigenvalue weighted by molar-refractivity contribution is 7.98. The molecule has 0 saturated carbocycles. The SMILES string of the molecule is CSCCC(C)NCc1cc(C(=O)O)co1. The molecule has 0 bridgehead atoms. The number of rotatable bonds is 7. The monoisotopic (exact) mass is 243 g/mol. The van der Waals surface area contributed by atoms with Gasteiger partial charge in [-0.3, -0.25) is 0 Å². The Bertz CT molecular complexity index is 338. The summed E-state index contributed by atoms with van der Waals surface area (Å²) in [5.74, 6) is 0.825. The third-order valence-corrected chi connectivity index (χ3v) is 2.92. The van der Waals surface area contributed by atoms with E-state index in [4.69, 9.17) is 9.52 Å². The predicted molar refractivity (Wildman–Crippen MR) is 65.0 cm³/mol. The highest BCUT2D eigenvalue weighted by atomic mass is 32.2. The molecule has 1 unspecified atom stereocenters. The van der Waals surface area contributed by atoms with Crippen molar-refractivity contribution in [2.24, 2.45) is 0 Å². The fourth-order valence-corrected chi connectivity index (χ4v) is 1.85. The van der Waals surface area contributed by atoms with Gasteiger partial charge < -0.3 is 14.8 Å². The molecule has 90 valence electrons. The van der Waals surface area contributed by atoms with Crippen LogP contribution in [0.25, 0.3) is 0 Å². The van der Waals surface area contributed by atoms with E-state index in [2.05, 4.69) is 18.5 Å². The normalized spacial score (nSPS) is 12.6. The molecule has 0 radical (unpaired) electrons. The molecule has 0 fully saturated rings. The van der Waals surface area contributed by atoms with E-state index in [1.54, 1.807) is 6.07 Å². The number of carbonyl (C=O) groups is 1. The molecule has 0 aliphatic heterocycles. The van der Waals surface area contributed by atoms with Crippen molar-refractivity contribution in [2.75, 3.05) is 12.0 Å². The van der Waals surface area contributed by atoms with E-state index >= 15 is 0 Å². The fraction of sp³-hybridized carbons (Fsp3) is 0.545. The summed E-state index contributed by atoms with van der Waals surface area (Å²) in [6.07, 6.45) is 4.44. The van der Waals surface area contributed by atoms with Crippen LogP contribution in [0.5, 0.6) is 0 Å². The second-order valence-electron chi connectivity index (χ2n) is 3.67. The van der Waals surface area contributed by atoms with E-state index in [-0.39, 0.29) is 5.56 Å². The van der Waals surface area contributed by atoms with Crippen LogP contribution in [0.2, 0.25) is 0 Å². The Morgan fingerprint density at radius 3 is 3.00 bits per heavy atom. The van der Waals surface area contributed by atoms with Crippen molar-refractivity contribution in [2.45, 2.75) is 25.9 Å². The molecule has 0 aliphatic carbocycles. The summed E-state index contributed by atoms with van der Waals surface area (Å²) in [7, 11) is 0. The van der Waals surface area contributed by atoms with E-state index < -0.39 is 5.97 Å². The summed E-state index contributed by atoms with van der Waals surface area (Å²) in [5, 5.41) is 12.0. The molecule has 4 nitrogen and oxygen atoms in total. The standard InChI is InChI=1S/C11H17NO3S/c1-8(3-4-16-2)12-6-10-5-9(7-15-10)11(13)14/h5,7-8,12H,3-4,6H2,1-2H3,(H,13,14). The van der Waals surface area contributed by atoms with E-state index in [1.807, 2.05) is 11.8 Å². The number of hydrogen-bond acceptors (Lipinski definition) is 4. The third kappa shape index (κ3) is 4.28. The van der Waals surface area contributed by atoms with Crippen LogP contribution in [0.1, 0.15) is 29.5 Å². The van der Waals surface area contributed by atoms with Gasteiger partial charge in [-0.05, 0) is 31.4 Å². The van der Waals surface area contributed by atoms with Crippen LogP contribution >= 0.6 is 11.8 Å². The van der Waals surface area contributed by atoms with Crippen LogP contribution in [0.4, 0.5) is 0 Å². The van der Waals surface area contributed by atoms with Gasteiger partial charge >= 0.3 is 5.97 Å². The lowest BCUT2D eigenvalue weighted by atomic mass is 10.2. The molecule has 1 heterocycles. The number of carboxylic acid groups (broad SMARTS) is 1. The Labute approximate surface area is 99.4 Å². The van der Waals surface area contributed by atoms with Crippen molar-refractivity contribution in [1.82, 2.24) is 5.32 Å². The number of furan rings is 1. The molecule has 1 atom stereocenters. The minimum Gasteiger partial charge on any atom is -0.478 e. The van der Waals surface area contributed by atoms with Crippen LogP contribution < -0.4 is 5.32 Å². The van der Waals surface area contributed by atoms with Gasteiger partial charge in [-0.25, -0.2) is 4.79 Å². The largest absolute Gasteiger partial charge is 0.478 e. The van der Waals surface area contributed by atoms with Gasteiger partial charge in [0.1, 0.15) is 12.0 Å². The Kier molecular flexibility index (Phi) is 5.42. The van der Waals surface area contributed by atoms with Gasteiger partial charge in [-0.15, -0.1) is 0 Å². The minimum absolute atomic E-state index is 0.202. The van der Waals surface area contributed by atoms with E-state index in [9.17, 15) is 4.79 Å². The van der Waals surface area contributed by atoms with Crippen LogP contribution in [0.3, 0.4) is 0 Å². The zero-order chi connectivity index (χ0) is 12.0. The molecule has 0 aliphatic rings. The summed E-state index contributed by atoms with van der Waals surface area (Å²) >= 11 is 1.82. The molecule has 0 aromatic carbocycles. The van der Waals surface area contributed by atoms with Crippen molar-refractivity contribution < 1.29 is 14.3 Å². The van der Waals surface area contributed by atoms with Crippen LogP contribution in [0, 0.1) is 0 Å². The number of carboxylic acids is 1. The molecular formula is C11H17NO3S. The number of nitrogens with one attached hydrogen (secondary N) is 1. The maximum atomic E-state index is 10.6. The second kappa shape index (κ2) is 6.60. The number of thioether (sulfide) groups is 1. The Morgan fingerprint density at radius 1 is 1.69 bits per heavy atom. The third-order valence-electron chi connectivity index (χ3n) is 2.28.